The molecule has 1 aromatic carbocycles. The molecule has 15 heavy (non-hydrogen) atoms. The summed E-state index contributed by atoms with van der Waals surface area (Å²) < 4.78 is 0. The van der Waals surface area contributed by atoms with Crippen LogP contribution in [0.4, 0.5) is 0 Å². The Balaban J connectivity index is 2.54. The zero-order valence-electron chi connectivity index (χ0n) is 8.47. The lowest BCUT2D eigenvalue weighted by Gasteiger charge is -2.04. The van der Waals surface area contributed by atoms with Crippen molar-refractivity contribution in [3.05, 3.63) is 53.7 Å². The number of benzene rings is 1. The van der Waals surface area contributed by atoms with Gasteiger partial charge in [0, 0.05) is 5.56 Å². The van der Waals surface area contributed by atoms with Gasteiger partial charge in [-0.15, -0.1) is 0 Å². The van der Waals surface area contributed by atoms with Crippen LogP contribution in [0.25, 0.3) is 11.3 Å². The lowest BCUT2D eigenvalue weighted by molar-refractivity contribution is 0.111. The number of carbonyl (C=O) groups excluding carboxylic acids is 1. The molecule has 0 bridgehead atoms. The Labute approximate surface area is 88.6 Å². The van der Waals surface area contributed by atoms with Crippen LogP contribution in [0.15, 0.2) is 42.5 Å². The topological polar surface area (TPSA) is 30.0 Å². The number of aryl methyl sites for hydroxylation is 1. The van der Waals surface area contributed by atoms with E-state index in [9.17, 15) is 4.79 Å². The first-order valence-electron chi connectivity index (χ1n) is 4.79. The van der Waals surface area contributed by atoms with E-state index >= 15 is 0 Å². The van der Waals surface area contributed by atoms with E-state index in [0.717, 1.165) is 23.1 Å². The summed E-state index contributed by atoms with van der Waals surface area (Å²) in [6.45, 7) is 2.03. The van der Waals surface area contributed by atoms with E-state index in [1.54, 1.807) is 6.07 Å². The molecular formula is C13H11NO. The molecule has 0 fully saturated rings. The average Bonchev–Trinajstić information content (AvgIpc) is 2.30. The summed E-state index contributed by atoms with van der Waals surface area (Å²) in [5.74, 6) is 0. The van der Waals surface area contributed by atoms with Crippen LogP contribution in [0.3, 0.4) is 0 Å². The second-order valence-corrected chi connectivity index (χ2v) is 3.38. The Morgan fingerprint density at radius 1 is 1.07 bits per heavy atom. The van der Waals surface area contributed by atoms with E-state index < -0.39 is 0 Å². The van der Waals surface area contributed by atoms with Crippen molar-refractivity contribution in [1.29, 1.82) is 0 Å². The number of hydrogen-bond acceptors (Lipinski definition) is 2. The zero-order chi connectivity index (χ0) is 10.7. The minimum absolute atomic E-state index is 0.468. The molecule has 1 heterocycles. The highest BCUT2D eigenvalue weighted by atomic mass is 16.1. The molecule has 0 saturated heterocycles. The maximum Gasteiger partial charge on any atom is 0.168 e. The third kappa shape index (κ3) is 1.94. The first-order chi connectivity index (χ1) is 7.31. The molecule has 0 aliphatic carbocycles. The molecule has 0 atom stereocenters. The summed E-state index contributed by atoms with van der Waals surface area (Å²) in [5.41, 5.74) is 3.54. The van der Waals surface area contributed by atoms with Crippen LogP contribution in [-0.2, 0) is 0 Å². The van der Waals surface area contributed by atoms with Crippen molar-refractivity contribution in [2.24, 2.45) is 0 Å². The number of hydrogen-bond donors (Lipinski definition) is 0. The van der Waals surface area contributed by atoms with Gasteiger partial charge >= 0.3 is 0 Å². The third-order valence-corrected chi connectivity index (χ3v) is 2.31. The monoisotopic (exact) mass is 197 g/mol. The number of carbonyl (C=O) groups is 1. The van der Waals surface area contributed by atoms with Crippen LogP contribution in [0.1, 0.15) is 16.1 Å². The molecule has 0 saturated carbocycles. The minimum atomic E-state index is 0.468. The van der Waals surface area contributed by atoms with Crippen LogP contribution in [-0.4, -0.2) is 11.3 Å². The molecular weight excluding hydrogens is 186 g/mol. The van der Waals surface area contributed by atoms with Gasteiger partial charge < -0.3 is 0 Å². The van der Waals surface area contributed by atoms with Crippen molar-refractivity contribution < 1.29 is 4.79 Å². The molecule has 0 N–H and O–H groups in total. The van der Waals surface area contributed by atoms with E-state index in [1.807, 2.05) is 43.3 Å². The first-order valence-corrected chi connectivity index (χ1v) is 4.79. The highest BCUT2D eigenvalue weighted by Crippen LogP contribution is 2.20. The molecule has 1 aromatic heterocycles. The summed E-state index contributed by atoms with van der Waals surface area (Å²) in [4.78, 5) is 14.9. The normalized spacial score (nSPS) is 9.93. The van der Waals surface area contributed by atoms with Gasteiger partial charge in [-0.05, 0) is 24.6 Å². The molecule has 0 aliphatic heterocycles. The summed E-state index contributed by atoms with van der Waals surface area (Å²) in [6.07, 6.45) is 0.766. The number of aromatic nitrogens is 1. The van der Waals surface area contributed by atoms with Gasteiger partial charge in [-0.25, -0.2) is 4.98 Å². The van der Waals surface area contributed by atoms with Crippen molar-refractivity contribution in [3.63, 3.8) is 0 Å². The minimum Gasteiger partial charge on any atom is -0.296 e. The van der Waals surface area contributed by atoms with E-state index in [4.69, 9.17) is 0 Å². The highest BCUT2D eigenvalue weighted by Gasteiger charge is 2.02. The Morgan fingerprint density at radius 2 is 1.87 bits per heavy atom. The Hall–Kier alpha value is -1.96. The highest BCUT2D eigenvalue weighted by molar-refractivity contribution is 5.74. The summed E-state index contributed by atoms with van der Waals surface area (Å²) in [7, 11) is 0. The van der Waals surface area contributed by atoms with Crippen molar-refractivity contribution in [2.45, 2.75) is 6.92 Å². The van der Waals surface area contributed by atoms with Gasteiger partial charge in [0.05, 0.1) is 5.69 Å². The van der Waals surface area contributed by atoms with E-state index in [1.165, 1.54) is 0 Å². The molecule has 0 spiro atoms. The maximum absolute atomic E-state index is 10.6. The van der Waals surface area contributed by atoms with E-state index in [0.29, 0.717) is 5.69 Å². The fourth-order valence-electron chi connectivity index (χ4n) is 1.53. The number of pyridine rings is 1. The predicted octanol–water partition coefficient (Wildman–Crippen LogP) is 2.87. The van der Waals surface area contributed by atoms with Gasteiger partial charge in [0.15, 0.2) is 6.29 Å². The van der Waals surface area contributed by atoms with Gasteiger partial charge in [0.2, 0.25) is 0 Å². The van der Waals surface area contributed by atoms with Gasteiger partial charge in [-0.3, -0.25) is 4.79 Å². The second-order valence-electron chi connectivity index (χ2n) is 3.38. The summed E-state index contributed by atoms with van der Waals surface area (Å²) >= 11 is 0. The Morgan fingerprint density at radius 3 is 2.60 bits per heavy atom. The zero-order valence-corrected chi connectivity index (χ0v) is 8.47. The summed E-state index contributed by atoms with van der Waals surface area (Å²) in [6, 6.07) is 13.5. The van der Waals surface area contributed by atoms with Gasteiger partial charge in [-0.1, -0.05) is 30.3 Å². The molecule has 74 valence electrons. The second kappa shape index (κ2) is 4.05. The van der Waals surface area contributed by atoms with Crippen LogP contribution in [0.5, 0.6) is 0 Å². The van der Waals surface area contributed by atoms with Gasteiger partial charge in [0.25, 0.3) is 0 Å². The molecule has 2 nitrogen and oxygen atoms in total. The molecule has 2 heteroatoms. The standard InChI is InChI=1S/C13H11NO/c1-10-5-2-3-7-12(10)13-8-4-6-11(9-15)14-13/h2-9H,1H3. The van der Waals surface area contributed by atoms with Crippen molar-refractivity contribution in [2.75, 3.05) is 0 Å². The number of aldehydes is 1. The van der Waals surface area contributed by atoms with Crippen LogP contribution in [0, 0.1) is 6.92 Å². The van der Waals surface area contributed by atoms with Crippen molar-refractivity contribution in [3.8, 4) is 11.3 Å². The first kappa shape index (κ1) is 9.59. The van der Waals surface area contributed by atoms with Gasteiger partial charge in [0.1, 0.15) is 5.69 Å². The van der Waals surface area contributed by atoms with E-state index in [-0.39, 0.29) is 0 Å². The van der Waals surface area contributed by atoms with E-state index in [2.05, 4.69) is 4.98 Å². The van der Waals surface area contributed by atoms with Crippen LogP contribution < -0.4 is 0 Å². The Bertz CT molecular complexity index is 491. The average molecular weight is 197 g/mol. The fourth-order valence-corrected chi connectivity index (χ4v) is 1.53. The van der Waals surface area contributed by atoms with Gasteiger partial charge in [-0.2, -0.15) is 0 Å². The predicted molar refractivity (Wildman–Crippen MR) is 59.8 cm³/mol. The largest absolute Gasteiger partial charge is 0.296 e. The molecule has 0 amide bonds. The van der Waals surface area contributed by atoms with Crippen LogP contribution >= 0.6 is 0 Å². The van der Waals surface area contributed by atoms with Crippen molar-refractivity contribution >= 4 is 6.29 Å². The smallest absolute Gasteiger partial charge is 0.168 e. The Kier molecular flexibility index (Phi) is 2.59. The SMILES string of the molecule is Cc1ccccc1-c1cccc(C=O)n1. The molecule has 2 rings (SSSR count). The molecule has 2 aromatic rings. The maximum atomic E-state index is 10.6. The molecule has 0 unspecified atom stereocenters. The van der Waals surface area contributed by atoms with Crippen LogP contribution in [0.2, 0.25) is 0 Å². The molecule has 0 aliphatic rings. The van der Waals surface area contributed by atoms with Crippen molar-refractivity contribution in [1.82, 2.24) is 4.98 Å². The lowest BCUT2D eigenvalue weighted by atomic mass is 10.1. The lowest BCUT2D eigenvalue weighted by Crippen LogP contribution is -1.91. The number of rotatable bonds is 2. The summed E-state index contributed by atoms with van der Waals surface area (Å²) in [5, 5.41) is 0. The molecule has 0 radical (unpaired) electrons. The number of nitrogens with zero attached hydrogens (tertiary/aromatic N) is 1. The third-order valence-electron chi connectivity index (χ3n) is 2.31. The quantitative estimate of drug-likeness (QED) is 0.693. The fraction of sp³-hybridized carbons (Fsp3) is 0.0769.